The van der Waals surface area contributed by atoms with E-state index in [-0.39, 0.29) is 0 Å². The van der Waals surface area contributed by atoms with E-state index in [1.165, 1.54) is 0 Å². The average Bonchev–Trinajstić information content (AvgIpc) is 2.69. The summed E-state index contributed by atoms with van der Waals surface area (Å²) in [7, 11) is 0. The summed E-state index contributed by atoms with van der Waals surface area (Å²) in [6.07, 6.45) is 11.3. The molecule has 1 heterocycles. The molecule has 0 amide bonds. The van der Waals surface area contributed by atoms with Crippen LogP contribution in [-0.4, -0.2) is 11.2 Å². The standard InChI is InChI=1S/C22H19N3/c1-3-7-21(8-4-1)24-17-13-20(19-11-15-23-16-12-19)14-18-25-22-9-5-2-6-10-22/h1-18,24H/b17-13+,20-14-,25-18?. The van der Waals surface area contributed by atoms with E-state index in [9.17, 15) is 0 Å². The van der Waals surface area contributed by atoms with Crippen molar-refractivity contribution in [3.63, 3.8) is 0 Å². The fraction of sp³-hybridized carbons (Fsp3) is 0. The van der Waals surface area contributed by atoms with Gasteiger partial charge in [-0.2, -0.15) is 0 Å². The van der Waals surface area contributed by atoms with Crippen LogP contribution in [0.25, 0.3) is 5.57 Å². The second-order valence-electron chi connectivity index (χ2n) is 5.32. The smallest absolute Gasteiger partial charge is 0.0629 e. The lowest BCUT2D eigenvalue weighted by atomic mass is 10.1. The molecule has 0 atom stereocenters. The van der Waals surface area contributed by atoms with Crippen molar-refractivity contribution in [3.8, 4) is 0 Å². The minimum Gasteiger partial charge on any atom is -0.362 e. The number of benzene rings is 2. The van der Waals surface area contributed by atoms with Gasteiger partial charge in [-0.1, -0.05) is 36.4 Å². The molecular weight excluding hydrogens is 306 g/mol. The lowest BCUT2D eigenvalue weighted by Crippen LogP contribution is -1.88. The number of hydrogen-bond donors (Lipinski definition) is 1. The molecule has 0 saturated heterocycles. The Hall–Kier alpha value is -3.46. The SMILES string of the molecule is C(/C=C(/C=C/Nc1ccccc1)c1ccncc1)=Nc1ccccc1. The summed E-state index contributed by atoms with van der Waals surface area (Å²) in [5.41, 5.74) is 4.11. The first-order valence-corrected chi connectivity index (χ1v) is 8.10. The number of allylic oxidation sites excluding steroid dienone is 3. The van der Waals surface area contributed by atoms with Crippen LogP contribution < -0.4 is 5.32 Å². The summed E-state index contributed by atoms with van der Waals surface area (Å²) in [6, 6.07) is 23.9. The van der Waals surface area contributed by atoms with Gasteiger partial charge in [-0.3, -0.25) is 9.98 Å². The minimum absolute atomic E-state index is 0.930. The number of rotatable bonds is 6. The highest BCUT2D eigenvalue weighted by Gasteiger charge is 1.96. The molecule has 1 N–H and O–H groups in total. The molecule has 0 aliphatic rings. The van der Waals surface area contributed by atoms with Crippen LogP contribution in [0.2, 0.25) is 0 Å². The van der Waals surface area contributed by atoms with E-state index < -0.39 is 0 Å². The number of hydrogen-bond acceptors (Lipinski definition) is 3. The van der Waals surface area contributed by atoms with Crippen LogP contribution in [0.1, 0.15) is 5.56 Å². The van der Waals surface area contributed by atoms with Crippen molar-refractivity contribution < 1.29 is 0 Å². The molecule has 0 aliphatic carbocycles. The first kappa shape index (κ1) is 16.4. The van der Waals surface area contributed by atoms with Gasteiger partial charge in [-0.25, -0.2) is 0 Å². The Bertz CT molecular complexity index is 852. The van der Waals surface area contributed by atoms with Gasteiger partial charge in [0.15, 0.2) is 0 Å². The van der Waals surface area contributed by atoms with Crippen molar-refractivity contribution >= 4 is 23.2 Å². The van der Waals surface area contributed by atoms with Crippen LogP contribution >= 0.6 is 0 Å². The maximum atomic E-state index is 4.47. The van der Waals surface area contributed by atoms with Crippen molar-refractivity contribution in [1.29, 1.82) is 0 Å². The molecule has 3 nitrogen and oxygen atoms in total. The van der Waals surface area contributed by atoms with Crippen LogP contribution in [-0.2, 0) is 0 Å². The van der Waals surface area contributed by atoms with Gasteiger partial charge in [0, 0.05) is 30.5 Å². The van der Waals surface area contributed by atoms with Crippen LogP contribution in [0.5, 0.6) is 0 Å². The third-order valence-electron chi connectivity index (χ3n) is 3.53. The zero-order valence-electron chi connectivity index (χ0n) is 13.8. The fourth-order valence-corrected chi connectivity index (χ4v) is 2.27. The van der Waals surface area contributed by atoms with Crippen molar-refractivity contribution in [2.24, 2.45) is 4.99 Å². The van der Waals surface area contributed by atoms with E-state index in [1.807, 2.05) is 97.4 Å². The second-order valence-corrected chi connectivity index (χ2v) is 5.32. The fourth-order valence-electron chi connectivity index (χ4n) is 2.27. The van der Waals surface area contributed by atoms with Gasteiger partial charge in [0.25, 0.3) is 0 Å². The Morgan fingerprint density at radius 2 is 1.52 bits per heavy atom. The van der Waals surface area contributed by atoms with Gasteiger partial charge in [0.05, 0.1) is 5.69 Å². The molecule has 2 aromatic carbocycles. The quantitative estimate of drug-likeness (QED) is 0.480. The van der Waals surface area contributed by atoms with Gasteiger partial charge in [0.1, 0.15) is 0 Å². The van der Waals surface area contributed by atoms with E-state index in [0.717, 1.165) is 22.5 Å². The first-order valence-electron chi connectivity index (χ1n) is 8.10. The van der Waals surface area contributed by atoms with Gasteiger partial charge in [-0.05, 0) is 59.7 Å². The molecule has 0 fully saturated rings. The van der Waals surface area contributed by atoms with Gasteiger partial charge < -0.3 is 5.32 Å². The molecule has 0 unspecified atom stereocenters. The Balaban J connectivity index is 1.78. The Morgan fingerprint density at radius 3 is 2.24 bits per heavy atom. The maximum absolute atomic E-state index is 4.47. The Morgan fingerprint density at radius 1 is 0.840 bits per heavy atom. The Labute approximate surface area is 148 Å². The summed E-state index contributed by atoms with van der Waals surface area (Å²) >= 11 is 0. The highest BCUT2D eigenvalue weighted by Crippen LogP contribution is 2.16. The zero-order valence-corrected chi connectivity index (χ0v) is 13.8. The number of nitrogens with one attached hydrogen (secondary N) is 1. The highest BCUT2D eigenvalue weighted by molar-refractivity contribution is 5.89. The lowest BCUT2D eigenvalue weighted by molar-refractivity contribution is 1.32. The predicted octanol–water partition coefficient (Wildman–Crippen LogP) is 5.49. The van der Waals surface area contributed by atoms with E-state index in [4.69, 9.17) is 0 Å². The molecule has 122 valence electrons. The zero-order chi connectivity index (χ0) is 17.2. The van der Waals surface area contributed by atoms with Crippen LogP contribution in [0.3, 0.4) is 0 Å². The summed E-state index contributed by atoms with van der Waals surface area (Å²) in [4.78, 5) is 8.55. The van der Waals surface area contributed by atoms with Crippen LogP contribution in [0.15, 0.2) is 109 Å². The number of aromatic nitrogens is 1. The van der Waals surface area contributed by atoms with E-state index in [2.05, 4.69) is 15.3 Å². The van der Waals surface area contributed by atoms with Crippen molar-refractivity contribution in [2.75, 3.05) is 5.32 Å². The average molecular weight is 325 g/mol. The third kappa shape index (κ3) is 5.29. The molecule has 1 aromatic heterocycles. The summed E-state index contributed by atoms with van der Waals surface area (Å²) < 4.78 is 0. The normalized spacial score (nSPS) is 11.9. The molecule has 3 rings (SSSR count). The van der Waals surface area contributed by atoms with E-state index in [1.54, 1.807) is 12.4 Å². The molecule has 0 spiro atoms. The molecule has 25 heavy (non-hydrogen) atoms. The molecule has 3 aromatic rings. The van der Waals surface area contributed by atoms with Crippen LogP contribution in [0.4, 0.5) is 11.4 Å². The van der Waals surface area contributed by atoms with Gasteiger partial charge in [-0.15, -0.1) is 0 Å². The predicted molar refractivity (Wildman–Crippen MR) is 106 cm³/mol. The largest absolute Gasteiger partial charge is 0.362 e. The lowest BCUT2D eigenvalue weighted by Gasteiger charge is -2.03. The molecule has 3 heteroatoms. The second kappa shape index (κ2) is 8.99. The topological polar surface area (TPSA) is 37.3 Å². The van der Waals surface area contributed by atoms with Gasteiger partial charge in [0.2, 0.25) is 0 Å². The molecule has 0 radical (unpaired) electrons. The highest BCUT2D eigenvalue weighted by atomic mass is 14.8. The molecule has 0 aliphatic heterocycles. The van der Waals surface area contributed by atoms with E-state index >= 15 is 0 Å². The molecular formula is C22H19N3. The summed E-state index contributed by atoms with van der Waals surface area (Å²) in [6.45, 7) is 0. The Kier molecular flexibility index (Phi) is 5.90. The number of pyridine rings is 1. The first-order chi connectivity index (χ1) is 12.4. The van der Waals surface area contributed by atoms with Crippen molar-refractivity contribution in [1.82, 2.24) is 4.98 Å². The maximum Gasteiger partial charge on any atom is 0.0629 e. The number of anilines is 1. The van der Waals surface area contributed by atoms with E-state index in [0.29, 0.717) is 0 Å². The third-order valence-corrected chi connectivity index (χ3v) is 3.53. The van der Waals surface area contributed by atoms with Crippen molar-refractivity contribution in [2.45, 2.75) is 0 Å². The minimum atomic E-state index is 0.930. The van der Waals surface area contributed by atoms with Crippen molar-refractivity contribution in [3.05, 3.63) is 109 Å². The van der Waals surface area contributed by atoms with Crippen LogP contribution in [0, 0.1) is 0 Å². The number of para-hydroxylation sites is 2. The number of nitrogens with zero attached hydrogens (tertiary/aromatic N) is 2. The molecule has 0 bridgehead atoms. The summed E-state index contributed by atoms with van der Waals surface area (Å²) in [5.74, 6) is 0. The van der Waals surface area contributed by atoms with Gasteiger partial charge >= 0.3 is 0 Å². The monoisotopic (exact) mass is 325 g/mol. The summed E-state index contributed by atoms with van der Waals surface area (Å²) in [5, 5.41) is 3.27. The molecule has 0 saturated carbocycles. The number of aliphatic imine (C=N–C) groups is 1.